The Balaban J connectivity index is 2.01. The molecule has 2 rings (SSSR count). The van der Waals surface area contributed by atoms with E-state index >= 15 is 0 Å². The number of aryl methyl sites for hydroxylation is 2. The molecule has 0 unspecified atom stereocenters. The number of halogens is 1. The number of hydrogen-bond donors (Lipinski definition) is 0. The zero-order valence-electron chi connectivity index (χ0n) is 9.57. The van der Waals surface area contributed by atoms with Crippen LogP contribution in [-0.2, 0) is 6.42 Å². The highest BCUT2D eigenvalue weighted by Crippen LogP contribution is 2.28. The molecule has 88 valence electrons. The first-order valence-corrected chi connectivity index (χ1v) is 6.75. The first kappa shape index (κ1) is 12.3. The van der Waals surface area contributed by atoms with Crippen LogP contribution in [0.2, 0.25) is 5.02 Å². The lowest BCUT2D eigenvalue weighted by Gasteiger charge is -2.00. The van der Waals surface area contributed by atoms with Gasteiger partial charge in [-0.15, -0.1) is 11.3 Å². The van der Waals surface area contributed by atoms with Crippen molar-refractivity contribution in [2.45, 2.75) is 19.8 Å². The lowest BCUT2D eigenvalue weighted by atomic mass is 10.1. The summed E-state index contributed by atoms with van der Waals surface area (Å²) in [5.74, 6) is 0.136. The number of rotatable bonds is 4. The van der Waals surface area contributed by atoms with E-state index in [0.717, 1.165) is 12.0 Å². The molecule has 2 aromatic rings. The van der Waals surface area contributed by atoms with E-state index in [1.807, 2.05) is 42.6 Å². The van der Waals surface area contributed by atoms with Crippen molar-refractivity contribution in [3.8, 4) is 0 Å². The maximum absolute atomic E-state index is 12.0. The summed E-state index contributed by atoms with van der Waals surface area (Å²) < 4.78 is 0. The summed E-state index contributed by atoms with van der Waals surface area (Å²) in [7, 11) is 0. The van der Waals surface area contributed by atoms with Crippen LogP contribution in [0, 0.1) is 6.92 Å². The molecule has 0 atom stereocenters. The van der Waals surface area contributed by atoms with E-state index in [2.05, 4.69) is 0 Å². The van der Waals surface area contributed by atoms with E-state index in [0.29, 0.717) is 16.3 Å². The third kappa shape index (κ3) is 2.96. The molecule has 0 bridgehead atoms. The molecule has 0 fully saturated rings. The van der Waals surface area contributed by atoms with Gasteiger partial charge in [0.2, 0.25) is 0 Å². The number of benzene rings is 1. The second-order valence-corrected chi connectivity index (χ2v) is 5.23. The Kier molecular flexibility index (Phi) is 3.97. The van der Waals surface area contributed by atoms with Gasteiger partial charge in [-0.1, -0.05) is 41.9 Å². The molecule has 1 aromatic heterocycles. The van der Waals surface area contributed by atoms with Gasteiger partial charge >= 0.3 is 0 Å². The van der Waals surface area contributed by atoms with Gasteiger partial charge in [0.25, 0.3) is 0 Å². The number of carbonyl (C=O) groups excluding carboxylic acids is 1. The van der Waals surface area contributed by atoms with E-state index in [4.69, 9.17) is 11.6 Å². The van der Waals surface area contributed by atoms with Crippen LogP contribution in [0.5, 0.6) is 0 Å². The number of carbonyl (C=O) groups is 1. The first-order chi connectivity index (χ1) is 8.18. The van der Waals surface area contributed by atoms with Gasteiger partial charge in [-0.2, -0.15) is 0 Å². The predicted molar refractivity (Wildman–Crippen MR) is 73.2 cm³/mol. The normalized spacial score (nSPS) is 10.5. The zero-order chi connectivity index (χ0) is 12.3. The van der Waals surface area contributed by atoms with Gasteiger partial charge in [0.1, 0.15) is 0 Å². The summed E-state index contributed by atoms with van der Waals surface area (Å²) in [5, 5.41) is 2.55. The average molecular weight is 265 g/mol. The maximum atomic E-state index is 12.0. The van der Waals surface area contributed by atoms with Gasteiger partial charge in [0.15, 0.2) is 5.78 Å². The first-order valence-electron chi connectivity index (χ1n) is 5.49. The van der Waals surface area contributed by atoms with E-state index in [1.165, 1.54) is 16.9 Å². The zero-order valence-corrected chi connectivity index (χ0v) is 11.1. The third-order valence-corrected chi connectivity index (χ3v) is 4.37. The molecule has 17 heavy (non-hydrogen) atoms. The fourth-order valence-corrected chi connectivity index (χ4v) is 2.90. The van der Waals surface area contributed by atoms with Crippen molar-refractivity contribution < 1.29 is 4.79 Å². The molecule has 0 aliphatic carbocycles. The molecular weight excluding hydrogens is 252 g/mol. The quantitative estimate of drug-likeness (QED) is 0.742. The summed E-state index contributed by atoms with van der Waals surface area (Å²) in [5.41, 5.74) is 2.17. The molecule has 0 spiro atoms. The van der Waals surface area contributed by atoms with Crippen LogP contribution in [0.25, 0.3) is 0 Å². The molecule has 1 nitrogen and oxygen atoms in total. The van der Waals surface area contributed by atoms with Crippen molar-refractivity contribution in [3.05, 3.63) is 56.7 Å². The summed E-state index contributed by atoms with van der Waals surface area (Å²) in [6.07, 6.45) is 1.29. The minimum atomic E-state index is 0.136. The number of ketones is 1. The Hall–Kier alpha value is -1.12. The van der Waals surface area contributed by atoms with Gasteiger partial charge in [-0.25, -0.2) is 0 Å². The summed E-state index contributed by atoms with van der Waals surface area (Å²) in [4.78, 5) is 12.7. The average Bonchev–Trinajstić information content (AvgIpc) is 2.69. The predicted octanol–water partition coefficient (Wildman–Crippen LogP) is 4.53. The Morgan fingerprint density at radius 2 is 2.00 bits per heavy atom. The van der Waals surface area contributed by atoms with Crippen molar-refractivity contribution in [3.63, 3.8) is 0 Å². The van der Waals surface area contributed by atoms with Crippen LogP contribution in [-0.4, -0.2) is 5.78 Å². The third-order valence-electron chi connectivity index (χ3n) is 2.64. The number of thiophene rings is 1. The highest BCUT2D eigenvalue weighted by molar-refractivity contribution is 7.13. The van der Waals surface area contributed by atoms with Crippen molar-refractivity contribution in [1.82, 2.24) is 0 Å². The smallest absolute Gasteiger partial charge is 0.174 e. The second kappa shape index (κ2) is 5.48. The van der Waals surface area contributed by atoms with Gasteiger partial charge in [0, 0.05) is 6.42 Å². The molecule has 1 aromatic carbocycles. The molecule has 0 aliphatic rings. The SMILES string of the molecule is Cc1csc(C(=O)CCc2ccccc2)c1Cl. The van der Waals surface area contributed by atoms with E-state index < -0.39 is 0 Å². The minimum Gasteiger partial charge on any atom is -0.293 e. The second-order valence-electron chi connectivity index (χ2n) is 3.97. The van der Waals surface area contributed by atoms with E-state index in [1.54, 1.807) is 0 Å². The summed E-state index contributed by atoms with van der Waals surface area (Å²) in [6.45, 7) is 1.92. The van der Waals surface area contributed by atoms with Crippen LogP contribution in [0.4, 0.5) is 0 Å². The Labute approximate surface area is 110 Å². The highest BCUT2D eigenvalue weighted by atomic mass is 35.5. The minimum absolute atomic E-state index is 0.136. The lowest BCUT2D eigenvalue weighted by molar-refractivity contribution is 0.0987. The van der Waals surface area contributed by atoms with Gasteiger partial charge in [-0.05, 0) is 29.9 Å². The molecular formula is C14H13ClOS. The highest BCUT2D eigenvalue weighted by Gasteiger charge is 2.14. The monoisotopic (exact) mass is 264 g/mol. The summed E-state index contributed by atoms with van der Waals surface area (Å²) >= 11 is 7.51. The van der Waals surface area contributed by atoms with Crippen LogP contribution >= 0.6 is 22.9 Å². The van der Waals surface area contributed by atoms with Gasteiger partial charge in [-0.3, -0.25) is 4.79 Å². The van der Waals surface area contributed by atoms with Crippen LogP contribution in [0.15, 0.2) is 35.7 Å². The van der Waals surface area contributed by atoms with Crippen molar-refractivity contribution >= 4 is 28.7 Å². The molecule has 3 heteroatoms. The van der Waals surface area contributed by atoms with Gasteiger partial charge < -0.3 is 0 Å². The summed E-state index contributed by atoms with van der Waals surface area (Å²) in [6, 6.07) is 10.0. The van der Waals surface area contributed by atoms with Gasteiger partial charge in [0.05, 0.1) is 9.90 Å². The molecule has 0 saturated carbocycles. The Bertz CT molecular complexity index is 516. The molecule has 1 heterocycles. The lowest BCUT2D eigenvalue weighted by Crippen LogP contribution is -1.99. The standard InChI is InChI=1S/C14H13ClOS/c1-10-9-17-14(13(10)15)12(16)8-7-11-5-3-2-4-6-11/h2-6,9H,7-8H2,1H3. The molecule has 0 amide bonds. The van der Waals surface area contributed by atoms with Crippen LogP contribution < -0.4 is 0 Å². The molecule has 0 aliphatic heterocycles. The Morgan fingerprint density at radius 3 is 2.59 bits per heavy atom. The fourth-order valence-electron chi connectivity index (χ4n) is 1.63. The van der Waals surface area contributed by atoms with E-state index in [-0.39, 0.29) is 5.78 Å². The number of Topliss-reactive ketones (excluding diaryl/α,β-unsaturated/α-hetero) is 1. The van der Waals surface area contributed by atoms with Crippen LogP contribution in [0.3, 0.4) is 0 Å². The fraction of sp³-hybridized carbons (Fsp3) is 0.214. The largest absolute Gasteiger partial charge is 0.293 e. The van der Waals surface area contributed by atoms with Crippen molar-refractivity contribution in [2.75, 3.05) is 0 Å². The Morgan fingerprint density at radius 1 is 1.29 bits per heavy atom. The van der Waals surface area contributed by atoms with E-state index in [9.17, 15) is 4.79 Å². The molecule has 0 radical (unpaired) electrons. The molecule has 0 saturated heterocycles. The van der Waals surface area contributed by atoms with Crippen LogP contribution in [0.1, 0.15) is 27.2 Å². The maximum Gasteiger partial charge on any atom is 0.174 e. The topological polar surface area (TPSA) is 17.1 Å². The number of hydrogen-bond acceptors (Lipinski definition) is 2. The van der Waals surface area contributed by atoms with Crippen molar-refractivity contribution in [1.29, 1.82) is 0 Å². The van der Waals surface area contributed by atoms with Crippen molar-refractivity contribution in [2.24, 2.45) is 0 Å². The molecule has 0 N–H and O–H groups in total.